The number of hydrogen-bond donors (Lipinski definition) is 2. The highest BCUT2D eigenvalue weighted by Crippen LogP contribution is 2.20. The van der Waals surface area contributed by atoms with E-state index in [4.69, 9.17) is 10.8 Å². The molecular formula is C13H17FN2O2. The van der Waals surface area contributed by atoms with Crippen molar-refractivity contribution >= 4 is 11.7 Å². The Bertz CT molecular complexity index is 443. The molecule has 98 valence electrons. The quantitative estimate of drug-likeness (QED) is 0.804. The summed E-state index contributed by atoms with van der Waals surface area (Å²) in [4.78, 5) is 12.9. The highest BCUT2D eigenvalue weighted by Gasteiger charge is 2.24. The van der Waals surface area contributed by atoms with Crippen molar-refractivity contribution in [3.05, 3.63) is 29.6 Å². The molecule has 1 fully saturated rings. The first kappa shape index (κ1) is 12.8. The molecule has 18 heavy (non-hydrogen) atoms. The lowest BCUT2D eigenvalue weighted by atomic mass is 9.97. The van der Waals surface area contributed by atoms with E-state index in [0.717, 1.165) is 0 Å². The van der Waals surface area contributed by atoms with Crippen LogP contribution in [0.2, 0.25) is 0 Å². The van der Waals surface area contributed by atoms with Crippen LogP contribution in [0.15, 0.2) is 18.2 Å². The second-order valence-corrected chi connectivity index (χ2v) is 4.74. The van der Waals surface area contributed by atoms with Crippen LogP contribution in [0.3, 0.4) is 0 Å². The molecule has 1 heterocycles. The predicted molar refractivity (Wildman–Crippen MR) is 66.4 cm³/mol. The second kappa shape index (κ2) is 5.35. The number of nitrogens with two attached hydrogens (primary N) is 1. The molecule has 1 saturated heterocycles. The molecule has 1 aliphatic rings. The van der Waals surface area contributed by atoms with Gasteiger partial charge in [-0.15, -0.1) is 0 Å². The summed E-state index contributed by atoms with van der Waals surface area (Å²) in [5.41, 5.74) is 6.52. The lowest BCUT2D eigenvalue weighted by molar-refractivity contribution is -0.143. The molecule has 3 N–H and O–H groups in total. The van der Waals surface area contributed by atoms with E-state index in [1.165, 1.54) is 6.07 Å². The number of likely N-dealkylation sites (tertiary alicyclic amines) is 1. The first-order valence-corrected chi connectivity index (χ1v) is 6.05. The van der Waals surface area contributed by atoms with E-state index in [0.29, 0.717) is 43.7 Å². The van der Waals surface area contributed by atoms with Crippen molar-refractivity contribution in [2.24, 2.45) is 5.92 Å². The van der Waals surface area contributed by atoms with Crippen LogP contribution < -0.4 is 5.73 Å². The molecule has 0 aliphatic carbocycles. The van der Waals surface area contributed by atoms with Crippen molar-refractivity contribution in [3.63, 3.8) is 0 Å². The molecule has 1 aromatic carbocycles. The van der Waals surface area contributed by atoms with E-state index in [1.54, 1.807) is 12.1 Å². The zero-order valence-corrected chi connectivity index (χ0v) is 10.1. The van der Waals surface area contributed by atoms with Gasteiger partial charge in [0.15, 0.2) is 0 Å². The molecule has 0 radical (unpaired) electrons. The number of anilines is 1. The topological polar surface area (TPSA) is 66.6 Å². The number of aliphatic carboxylic acids is 1. The van der Waals surface area contributed by atoms with Gasteiger partial charge in [-0.05, 0) is 38.1 Å². The maximum absolute atomic E-state index is 13.6. The number of piperidine rings is 1. The Morgan fingerprint density at radius 3 is 2.67 bits per heavy atom. The van der Waals surface area contributed by atoms with E-state index < -0.39 is 5.97 Å². The van der Waals surface area contributed by atoms with Gasteiger partial charge in [0.1, 0.15) is 5.82 Å². The third-order valence-corrected chi connectivity index (χ3v) is 3.41. The summed E-state index contributed by atoms with van der Waals surface area (Å²) in [5.74, 6) is -1.28. The molecule has 0 spiro atoms. The predicted octanol–water partition coefficient (Wildman–Crippen LogP) is 1.70. The second-order valence-electron chi connectivity index (χ2n) is 4.74. The maximum Gasteiger partial charge on any atom is 0.306 e. The first-order chi connectivity index (χ1) is 8.56. The number of benzene rings is 1. The van der Waals surface area contributed by atoms with Crippen LogP contribution in [0, 0.1) is 11.7 Å². The lowest BCUT2D eigenvalue weighted by Gasteiger charge is -2.30. The molecule has 0 aromatic heterocycles. The van der Waals surface area contributed by atoms with Gasteiger partial charge >= 0.3 is 5.97 Å². The number of rotatable bonds is 3. The third-order valence-electron chi connectivity index (χ3n) is 3.41. The Labute approximate surface area is 105 Å². The minimum atomic E-state index is -0.728. The number of hydrogen-bond acceptors (Lipinski definition) is 3. The van der Waals surface area contributed by atoms with Crippen molar-refractivity contribution in [1.29, 1.82) is 0 Å². The van der Waals surface area contributed by atoms with Crippen LogP contribution in [-0.2, 0) is 11.3 Å². The van der Waals surface area contributed by atoms with Gasteiger partial charge in [0.2, 0.25) is 0 Å². The maximum atomic E-state index is 13.6. The molecule has 0 unspecified atom stereocenters. The number of halogens is 1. The van der Waals surface area contributed by atoms with E-state index >= 15 is 0 Å². The molecule has 4 nitrogen and oxygen atoms in total. The number of carbonyl (C=O) groups is 1. The van der Waals surface area contributed by atoms with Crippen molar-refractivity contribution in [2.75, 3.05) is 18.8 Å². The normalized spacial score (nSPS) is 17.8. The highest BCUT2D eigenvalue weighted by atomic mass is 19.1. The van der Waals surface area contributed by atoms with Crippen LogP contribution in [0.4, 0.5) is 10.1 Å². The van der Waals surface area contributed by atoms with E-state index in [-0.39, 0.29) is 11.7 Å². The molecular weight excluding hydrogens is 235 g/mol. The number of nitrogen functional groups attached to an aromatic ring is 1. The SMILES string of the molecule is Nc1ccc(CN2CCC(C(=O)O)CC2)c(F)c1. The Hall–Kier alpha value is -1.62. The van der Waals surface area contributed by atoms with Gasteiger partial charge in [0.25, 0.3) is 0 Å². The third kappa shape index (κ3) is 2.98. The number of carboxylic acid groups (broad SMARTS) is 1. The van der Waals surface area contributed by atoms with Gasteiger partial charge in [0, 0.05) is 17.8 Å². The summed E-state index contributed by atoms with van der Waals surface area (Å²) in [7, 11) is 0. The first-order valence-electron chi connectivity index (χ1n) is 6.05. The Balaban J connectivity index is 1.93. The van der Waals surface area contributed by atoms with E-state index in [2.05, 4.69) is 4.90 Å². The standard InChI is InChI=1S/C13H17FN2O2/c14-12-7-11(15)2-1-10(12)8-16-5-3-9(4-6-16)13(17)18/h1-2,7,9H,3-6,8,15H2,(H,17,18). The minimum absolute atomic E-state index is 0.252. The summed E-state index contributed by atoms with van der Waals surface area (Å²) < 4.78 is 13.6. The van der Waals surface area contributed by atoms with Gasteiger partial charge in [-0.2, -0.15) is 0 Å². The summed E-state index contributed by atoms with van der Waals surface area (Å²) in [6, 6.07) is 4.69. The zero-order valence-electron chi connectivity index (χ0n) is 10.1. The molecule has 0 bridgehead atoms. The largest absolute Gasteiger partial charge is 0.481 e. The zero-order chi connectivity index (χ0) is 13.1. The van der Waals surface area contributed by atoms with Gasteiger partial charge in [-0.3, -0.25) is 9.69 Å². The van der Waals surface area contributed by atoms with Gasteiger partial charge in [0.05, 0.1) is 5.92 Å². The highest BCUT2D eigenvalue weighted by molar-refractivity contribution is 5.70. The average Bonchev–Trinajstić information content (AvgIpc) is 2.33. The fourth-order valence-corrected chi connectivity index (χ4v) is 2.27. The van der Waals surface area contributed by atoms with Crippen molar-refractivity contribution in [2.45, 2.75) is 19.4 Å². The number of carboxylic acids is 1. The smallest absolute Gasteiger partial charge is 0.306 e. The Morgan fingerprint density at radius 1 is 1.44 bits per heavy atom. The van der Waals surface area contributed by atoms with Crippen LogP contribution in [-0.4, -0.2) is 29.1 Å². The van der Waals surface area contributed by atoms with Gasteiger partial charge in [-0.25, -0.2) is 4.39 Å². The monoisotopic (exact) mass is 252 g/mol. The fourth-order valence-electron chi connectivity index (χ4n) is 2.27. The molecule has 2 rings (SSSR count). The Morgan fingerprint density at radius 2 is 2.11 bits per heavy atom. The van der Waals surface area contributed by atoms with E-state index in [9.17, 15) is 9.18 Å². The number of nitrogens with zero attached hydrogens (tertiary/aromatic N) is 1. The fraction of sp³-hybridized carbons (Fsp3) is 0.462. The summed E-state index contributed by atoms with van der Waals surface area (Å²) in [6.45, 7) is 1.90. The van der Waals surface area contributed by atoms with Crippen molar-refractivity contribution < 1.29 is 14.3 Å². The molecule has 5 heteroatoms. The Kier molecular flexibility index (Phi) is 3.81. The average molecular weight is 252 g/mol. The summed E-state index contributed by atoms with van der Waals surface area (Å²) >= 11 is 0. The summed E-state index contributed by atoms with van der Waals surface area (Å²) in [6.07, 6.45) is 1.26. The van der Waals surface area contributed by atoms with Crippen LogP contribution in [0.1, 0.15) is 18.4 Å². The molecule has 1 aromatic rings. The van der Waals surface area contributed by atoms with Crippen LogP contribution in [0.5, 0.6) is 0 Å². The van der Waals surface area contributed by atoms with Gasteiger partial charge < -0.3 is 10.8 Å². The van der Waals surface area contributed by atoms with Gasteiger partial charge in [-0.1, -0.05) is 6.07 Å². The van der Waals surface area contributed by atoms with Crippen LogP contribution >= 0.6 is 0 Å². The molecule has 0 saturated carbocycles. The molecule has 1 aliphatic heterocycles. The van der Waals surface area contributed by atoms with Crippen molar-refractivity contribution in [3.8, 4) is 0 Å². The van der Waals surface area contributed by atoms with E-state index in [1.807, 2.05) is 0 Å². The van der Waals surface area contributed by atoms with Crippen molar-refractivity contribution in [1.82, 2.24) is 4.90 Å². The van der Waals surface area contributed by atoms with Crippen LogP contribution in [0.25, 0.3) is 0 Å². The molecule has 0 amide bonds. The lowest BCUT2D eigenvalue weighted by Crippen LogP contribution is -2.36. The summed E-state index contributed by atoms with van der Waals surface area (Å²) in [5, 5.41) is 8.90. The minimum Gasteiger partial charge on any atom is -0.481 e. The molecule has 0 atom stereocenters.